The number of hydrogen-bond acceptors (Lipinski definition) is 4. The van der Waals surface area contributed by atoms with E-state index < -0.39 is 0 Å². The summed E-state index contributed by atoms with van der Waals surface area (Å²) in [6.07, 6.45) is 1.53. The van der Waals surface area contributed by atoms with E-state index in [1.165, 1.54) is 6.20 Å². The standard InChI is InChI=1S/C14H15N3O2/c1-2-19-11-6-3-5-10(9-11)17-14(18)13-12(15)7-4-8-16-13/h3-9H,2,15H2,1H3,(H,17,18). The van der Waals surface area contributed by atoms with E-state index in [4.69, 9.17) is 10.5 Å². The van der Waals surface area contributed by atoms with Crippen molar-refractivity contribution in [3.8, 4) is 5.75 Å². The maximum atomic E-state index is 12.0. The van der Waals surface area contributed by atoms with E-state index in [1.807, 2.05) is 19.1 Å². The van der Waals surface area contributed by atoms with Crippen molar-refractivity contribution in [2.24, 2.45) is 0 Å². The SMILES string of the molecule is CCOc1cccc(NC(=O)c2ncccc2N)c1. The molecule has 0 saturated carbocycles. The number of pyridine rings is 1. The molecule has 0 saturated heterocycles. The number of aromatic nitrogens is 1. The molecule has 0 radical (unpaired) electrons. The Morgan fingerprint density at radius 1 is 1.37 bits per heavy atom. The zero-order valence-corrected chi connectivity index (χ0v) is 10.6. The van der Waals surface area contributed by atoms with Crippen LogP contribution in [0.1, 0.15) is 17.4 Å². The van der Waals surface area contributed by atoms with Crippen LogP contribution in [0.4, 0.5) is 11.4 Å². The number of nitrogens with one attached hydrogen (secondary N) is 1. The van der Waals surface area contributed by atoms with Gasteiger partial charge in [0, 0.05) is 18.0 Å². The minimum Gasteiger partial charge on any atom is -0.494 e. The van der Waals surface area contributed by atoms with Crippen LogP contribution in [-0.2, 0) is 0 Å². The predicted molar refractivity (Wildman–Crippen MR) is 74.2 cm³/mol. The lowest BCUT2D eigenvalue weighted by molar-refractivity contribution is 0.102. The minimum atomic E-state index is -0.341. The predicted octanol–water partition coefficient (Wildman–Crippen LogP) is 2.31. The topological polar surface area (TPSA) is 77.2 Å². The number of anilines is 2. The Balaban J connectivity index is 2.15. The Bertz CT molecular complexity index is 584. The molecule has 1 amide bonds. The summed E-state index contributed by atoms with van der Waals surface area (Å²) in [7, 11) is 0. The van der Waals surface area contributed by atoms with E-state index in [1.54, 1.807) is 24.3 Å². The first-order valence-electron chi connectivity index (χ1n) is 5.95. The number of benzene rings is 1. The molecule has 0 aliphatic carbocycles. The van der Waals surface area contributed by atoms with E-state index in [0.717, 1.165) is 0 Å². The molecule has 0 aliphatic rings. The molecule has 5 nitrogen and oxygen atoms in total. The van der Waals surface area contributed by atoms with Gasteiger partial charge in [-0.15, -0.1) is 0 Å². The van der Waals surface area contributed by atoms with Gasteiger partial charge in [-0.3, -0.25) is 4.79 Å². The zero-order chi connectivity index (χ0) is 13.7. The van der Waals surface area contributed by atoms with Crippen molar-refractivity contribution in [2.75, 3.05) is 17.7 Å². The molecule has 98 valence electrons. The van der Waals surface area contributed by atoms with Gasteiger partial charge in [0.2, 0.25) is 0 Å². The van der Waals surface area contributed by atoms with Crippen molar-refractivity contribution in [1.82, 2.24) is 4.98 Å². The molecule has 0 unspecified atom stereocenters. The molecule has 1 aromatic carbocycles. The first kappa shape index (κ1) is 12.9. The van der Waals surface area contributed by atoms with Gasteiger partial charge in [-0.2, -0.15) is 0 Å². The molecule has 0 aliphatic heterocycles. The lowest BCUT2D eigenvalue weighted by Crippen LogP contribution is -2.15. The van der Waals surface area contributed by atoms with E-state index >= 15 is 0 Å². The summed E-state index contributed by atoms with van der Waals surface area (Å²) in [5.74, 6) is 0.362. The molecule has 0 spiro atoms. The van der Waals surface area contributed by atoms with Crippen LogP contribution in [-0.4, -0.2) is 17.5 Å². The smallest absolute Gasteiger partial charge is 0.276 e. The number of amides is 1. The van der Waals surface area contributed by atoms with Crippen molar-refractivity contribution >= 4 is 17.3 Å². The number of nitrogens with two attached hydrogens (primary N) is 1. The summed E-state index contributed by atoms with van der Waals surface area (Å²) in [5, 5.41) is 2.74. The van der Waals surface area contributed by atoms with Gasteiger partial charge in [0.1, 0.15) is 5.75 Å². The summed E-state index contributed by atoms with van der Waals surface area (Å²) in [5.41, 5.74) is 6.90. The van der Waals surface area contributed by atoms with E-state index in [2.05, 4.69) is 10.3 Å². The molecule has 3 N–H and O–H groups in total. The van der Waals surface area contributed by atoms with Gasteiger partial charge in [0.05, 0.1) is 12.3 Å². The van der Waals surface area contributed by atoms with E-state index in [9.17, 15) is 4.79 Å². The second kappa shape index (κ2) is 5.86. The Kier molecular flexibility index (Phi) is 3.97. The Morgan fingerprint density at radius 2 is 2.21 bits per heavy atom. The Hall–Kier alpha value is -2.56. The molecular weight excluding hydrogens is 242 g/mol. The fourth-order valence-electron chi connectivity index (χ4n) is 1.63. The van der Waals surface area contributed by atoms with E-state index in [-0.39, 0.29) is 11.6 Å². The molecule has 2 rings (SSSR count). The van der Waals surface area contributed by atoms with Crippen molar-refractivity contribution in [3.63, 3.8) is 0 Å². The first-order valence-corrected chi connectivity index (χ1v) is 5.95. The number of hydrogen-bond donors (Lipinski definition) is 2. The third kappa shape index (κ3) is 3.22. The van der Waals surface area contributed by atoms with Gasteiger partial charge in [0.25, 0.3) is 5.91 Å². The maximum absolute atomic E-state index is 12.0. The quantitative estimate of drug-likeness (QED) is 0.881. The van der Waals surface area contributed by atoms with Crippen molar-refractivity contribution in [3.05, 3.63) is 48.3 Å². The summed E-state index contributed by atoms with van der Waals surface area (Å²) in [6.45, 7) is 2.48. The number of rotatable bonds is 4. The fourth-order valence-corrected chi connectivity index (χ4v) is 1.63. The van der Waals surface area contributed by atoms with Gasteiger partial charge in [-0.05, 0) is 31.2 Å². The van der Waals surface area contributed by atoms with Gasteiger partial charge in [-0.25, -0.2) is 4.98 Å². The average molecular weight is 257 g/mol. The lowest BCUT2D eigenvalue weighted by atomic mass is 10.2. The molecule has 0 atom stereocenters. The van der Waals surface area contributed by atoms with Gasteiger partial charge >= 0.3 is 0 Å². The molecular formula is C14H15N3O2. The summed E-state index contributed by atoms with van der Waals surface area (Å²) >= 11 is 0. The number of ether oxygens (including phenoxy) is 1. The van der Waals surface area contributed by atoms with Crippen LogP contribution >= 0.6 is 0 Å². The third-order valence-corrected chi connectivity index (χ3v) is 2.46. The number of carbonyl (C=O) groups is 1. The summed E-state index contributed by atoms with van der Waals surface area (Å²) < 4.78 is 5.37. The fraction of sp³-hybridized carbons (Fsp3) is 0.143. The zero-order valence-electron chi connectivity index (χ0n) is 10.6. The summed E-state index contributed by atoms with van der Waals surface area (Å²) in [6, 6.07) is 10.5. The number of carbonyl (C=O) groups excluding carboxylic acids is 1. The minimum absolute atomic E-state index is 0.212. The van der Waals surface area contributed by atoms with Crippen LogP contribution in [0.25, 0.3) is 0 Å². The van der Waals surface area contributed by atoms with Crippen molar-refractivity contribution < 1.29 is 9.53 Å². The van der Waals surface area contributed by atoms with Crippen LogP contribution in [0.15, 0.2) is 42.6 Å². The molecule has 0 bridgehead atoms. The Morgan fingerprint density at radius 3 is 2.95 bits per heavy atom. The maximum Gasteiger partial charge on any atom is 0.276 e. The van der Waals surface area contributed by atoms with Crippen LogP contribution < -0.4 is 15.8 Å². The van der Waals surface area contributed by atoms with Crippen LogP contribution in [0.5, 0.6) is 5.75 Å². The largest absolute Gasteiger partial charge is 0.494 e. The number of nitrogen functional groups attached to an aromatic ring is 1. The highest BCUT2D eigenvalue weighted by molar-refractivity contribution is 6.06. The van der Waals surface area contributed by atoms with Gasteiger partial charge < -0.3 is 15.8 Å². The monoisotopic (exact) mass is 257 g/mol. The van der Waals surface area contributed by atoms with Crippen LogP contribution in [0, 0.1) is 0 Å². The van der Waals surface area contributed by atoms with Crippen molar-refractivity contribution in [1.29, 1.82) is 0 Å². The first-order chi connectivity index (χ1) is 9.20. The van der Waals surface area contributed by atoms with Crippen LogP contribution in [0.2, 0.25) is 0 Å². The van der Waals surface area contributed by atoms with Crippen LogP contribution in [0.3, 0.4) is 0 Å². The normalized spacial score (nSPS) is 9.95. The second-order valence-electron chi connectivity index (χ2n) is 3.86. The summed E-state index contributed by atoms with van der Waals surface area (Å²) in [4.78, 5) is 16.0. The molecule has 1 heterocycles. The van der Waals surface area contributed by atoms with E-state index in [0.29, 0.717) is 23.7 Å². The van der Waals surface area contributed by atoms with Gasteiger partial charge in [-0.1, -0.05) is 6.07 Å². The third-order valence-electron chi connectivity index (χ3n) is 2.46. The van der Waals surface area contributed by atoms with Gasteiger partial charge in [0.15, 0.2) is 5.69 Å². The molecule has 0 fully saturated rings. The highest BCUT2D eigenvalue weighted by Gasteiger charge is 2.11. The number of nitrogens with zero attached hydrogens (tertiary/aromatic N) is 1. The lowest BCUT2D eigenvalue weighted by Gasteiger charge is -2.08. The molecule has 5 heteroatoms. The van der Waals surface area contributed by atoms with Crippen molar-refractivity contribution in [2.45, 2.75) is 6.92 Å². The molecule has 2 aromatic rings. The second-order valence-corrected chi connectivity index (χ2v) is 3.86. The molecule has 1 aromatic heterocycles. The average Bonchev–Trinajstić information content (AvgIpc) is 2.40. The Labute approximate surface area is 111 Å². The highest BCUT2D eigenvalue weighted by atomic mass is 16.5. The highest BCUT2D eigenvalue weighted by Crippen LogP contribution is 2.18. The molecule has 19 heavy (non-hydrogen) atoms.